The van der Waals surface area contributed by atoms with E-state index in [1.54, 1.807) is 29.1 Å². The molecule has 0 spiro atoms. The summed E-state index contributed by atoms with van der Waals surface area (Å²) in [4.78, 5) is 12.1. The zero-order valence-corrected chi connectivity index (χ0v) is 13.3. The van der Waals surface area contributed by atoms with Gasteiger partial charge in [-0.3, -0.25) is 0 Å². The summed E-state index contributed by atoms with van der Waals surface area (Å²) in [5.41, 5.74) is 1.19. The Morgan fingerprint density at radius 2 is 2.17 bits per heavy atom. The summed E-state index contributed by atoms with van der Waals surface area (Å²) < 4.78 is 6.74. The van der Waals surface area contributed by atoms with Crippen LogP contribution < -0.4 is 10.6 Å². The molecule has 2 heterocycles. The van der Waals surface area contributed by atoms with Crippen molar-refractivity contribution in [2.75, 3.05) is 11.9 Å². The van der Waals surface area contributed by atoms with Crippen LogP contribution in [0.2, 0.25) is 5.02 Å². The highest BCUT2D eigenvalue weighted by atomic mass is 35.5. The summed E-state index contributed by atoms with van der Waals surface area (Å²) in [7, 11) is 0. The Bertz CT molecular complexity index is 816. The van der Waals surface area contributed by atoms with Crippen LogP contribution in [0.25, 0.3) is 5.69 Å². The average Bonchev–Trinajstić information content (AvgIpc) is 3.25. The number of aromatic nitrogens is 2. The van der Waals surface area contributed by atoms with Gasteiger partial charge in [-0.15, -0.1) is 0 Å². The first-order valence-corrected chi connectivity index (χ1v) is 7.56. The van der Waals surface area contributed by atoms with Crippen LogP contribution in [-0.4, -0.2) is 27.5 Å². The van der Waals surface area contributed by atoms with E-state index in [0.717, 1.165) is 0 Å². The van der Waals surface area contributed by atoms with Crippen molar-refractivity contribution in [2.45, 2.75) is 6.04 Å². The number of anilines is 1. The van der Waals surface area contributed by atoms with Crippen LogP contribution in [0.15, 0.2) is 59.5 Å². The Hall–Kier alpha value is -2.77. The number of amides is 2. The zero-order valence-electron chi connectivity index (χ0n) is 12.5. The minimum atomic E-state index is -0.626. The van der Waals surface area contributed by atoms with Gasteiger partial charge in [0.25, 0.3) is 0 Å². The largest absolute Gasteiger partial charge is 0.467 e. The second-order valence-corrected chi connectivity index (χ2v) is 5.38. The number of carbonyl (C=O) groups excluding carboxylic acids is 1. The molecule has 2 aromatic heterocycles. The molecule has 0 saturated carbocycles. The molecule has 0 aliphatic carbocycles. The molecular formula is C16H15ClN4O3. The second-order valence-electron chi connectivity index (χ2n) is 4.97. The van der Waals surface area contributed by atoms with E-state index in [9.17, 15) is 9.90 Å². The fourth-order valence-electron chi connectivity index (χ4n) is 2.18. The summed E-state index contributed by atoms with van der Waals surface area (Å²) in [5, 5.41) is 19.4. The van der Waals surface area contributed by atoms with Crippen LogP contribution in [0.4, 0.5) is 10.5 Å². The number of urea groups is 1. The highest BCUT2D eigenvalue weighted by Gasteiger charge is 2.16. The summed E-state index contributed by atoms with van der Waals surface area (Å²) in [6, 6.07) is 9.50. The second kappa shape index (κ2) is 7.20. The number of nitrogens with zero attached hydrogens (tertiary/aromatic N) is 2. The quantitative estimate of drug-likeness (QED) is 0.662. The monoisotopic (exact) mass is 346 g/mol. The minimum absolute atomic E-state index is 0.278. The number of para-hydroxylation sites is 1. The first kappa shape index (κ1) is 16.1. The topological polar surface area (TPSA) is 92.3 Å². The van der Waals surface area contributed by atoms with Crippen molar-refractivity contribution in [3.05, 3.63) is 65.8 Å². The van der Waals surface area contributed by atoms with E-state index in [-0.39, 0.29) is 6.61 Å². The van der Waals surface area contributed by atoms with Crippen LogP contribution in [0, 0.1) is 0 Å². The Morgan fingerprint density at radius 3 is 2.88 bits per heavy atom. The molecule has 0 bridgehead atoms. The third kappa shape index (κ3) is 3.58. The van der Waals surface area contributed by atoms with Crippen LogP contribution in [0.1, 0.15) is 11.8 Å². The Kier molecular flexibility index (Phi) is 4.83. The van der Waals surface area contributed by atoms with Gasteiger partial charge in [0.15, 0.2) is 0 Å². The molecule has 0 fully saturated rings. The first-order chi connectivity index (χ1) is 11.7. The molecule has 1 aromatic carbocycles. The lowest BCUT2D eigenvalue weighted by Gasteiger charge is -2.13. The van der Waals surface area contributed by atoms with Gasteiger partial charge in [-0.2, -0.15) is 5.10 Å². The number of hydrogen-bond donors (Lipinski definition) is 3. The molecule has 7 nitrogen and oxygen atoms in total. The van der Waals surface area contributed by atoms with Gasteiger partial charge < -0.3 is 20.2 Å². The van der Waals surface area contributed by atoms with E-state index < -0.39 is 12.1 Å². The van der Waals surface area contributed by atoms with Crippen molar-refractivity contribution < 1.29 is 14.3 Å². The third-order valence-electron chi connectivity index (χ3n) is 3.31. The number of nitrogens with one attached hydrogen (secondary N) is 2. The molecule has 3 N–H and O–H groups in total. The highest BCUT2D eigenvalue weighted by molar-refractivity contribution is 6.32. The number of furan rings is 1. The lowest BCUT2D eigenvalue weighted by Crippen LogP contribution is -2.34. The van der Waals surface area contributed by atoms with E-state index in [4.69, 9.17) is 16.0 Å². The van der Waals surface area contributed by atoms with Crippen LogP contribution >= 0.6 is 11.6 Å². The molecule has 3 rings (SSSR count). The van der Waals surface area contributed by atoms with E-state index in [0.29, 0.717) is 22.2 Å². The van der Waals surface area contributed by atoms with Gasteiger partial charge in [0, 0.05) is 0 Å². The number of halogens is 1. The molecule has 124 valence electrons. The predicted molar refractivity (Wildman–Crippen MR) is 89.3 cm³/mol. The molecule has 24 heavy (non-hydrogen) atoms. The number of aliphatic hydroxyl groups is 1. The Balaban J connectivity index is 1.66. The maximum absolute atomic E-state index is 12.1. The molecular weight excluding hydrogens is 332 g/mol. The average molecular weight is 347 g/mol. The van der Waals surface area contributed by atoms with Crippen molar-refractivity contribution in [1.29, 1.82) is 0 Å². The summed E-state index contributed by atoms with van der Waals surface area (Å²) in [6.07, 6.45) is 4.62. The standard InChI is InChI=1S/C16H15ClN4O3/c17-12-4-1-2-5-14(12)21-9-11(8-18-21)19-16(23)20-13(10-22)15-6-3-7-24-15/h1-9,13,22H,10H2,(H2,19,20,23)/t13-/m1/s1. The van der Waals surface area contributed by atoms with Gasteiger partial charge in [0.2, 0.25) is 0 Å². The summed E-state index contributed by atoms with van der Waals surface area (Å²) in [6.45, 7) is -0.278. The molecule has 1 atom stereocenters. The summed E-state index contributed by atoms with van der Waals surface area (Å²) in [5.74, 6) is 0.472. The minimum Gasteiger partial charge on any atom is -0.467 e. The van der Waals surface area contributed by atoms with E-state index in [1.807, 2.05) is 18.2 Å². The van der Waals surface area contributed by atoms with Gasteiger partial charge in [0.05, 0.1) is 41.7 Å². The lowest BCUT2D eigenvalue weighted by molar-refractivity contribution is 0.215. The smallest absolute Gasteiger partial charge is 0.320 e. The van der Waals surface area contributed by atoms with Gasteiger partial charge >= 0.3 is 6.03 Å². The Morgan fingerprint density at radius 1 is 1.33 bits per heavy atom. The summed E-state index contributed by atoms with van der Waals surface area (Å²) >= 11 is 6.12. The van der Waals surface area contributed by atoms with Crippen LogP contribution in [0.3, 0.4) is 0 Å². The number of benzene rings is 1. The van der Waals surface area contributed by atoms with E-state index in [2.05, 4.69) is 15.7 Å². The fraction of sp³-hybridized carbons (Fsp3) is 0.125. The number of hydrogen-bond acceptors (Lipinski definition) is 4. The molecule has 3 aromatic rings. The number of carbonyl (C=O) groups is 1. The van der Waals surface area contributed by atoms with Crippen LogP contribution in [-0.2, 0) is 0 Å². The first-order valence-electron chi connectivity index (χ1n) is 7.18. The van der Waals surface area contributed by atoms with Gasteiger partial charge in [-0.05, 0) is 24.3 Å². The molecule has 0 aliphatic heterocycles. The number of aliphatic hydroxyl groups excluding tert-OH is 1. The van der Waals surface area contributed by atoms with Crippen molar-refractivity contribution in [2.24, 2.45) is 0 Å². The van der Waals surface area contributed by atoms with Crippen molar-refractivity contribution in [1.82, 2.24) is 15.1 Å². The van der Waals surface area contributed by atoms with E-state index >= 15 is 0 Å². The SMILES string of the molecule is O=C(Nc1cnn(-c2ccccc2Cl)c1)N[C@H](CO)c1ccco1. The van der Waals surface area contributed by atoms with E-state index in [1.165, 1.54) is 12.5 Å². The normalized spacial score (nSPS) is 11.9. The molecule has 2 amide bonds. The zero-order chi connectivity index (χ0) is 16.9. The Labute approximate surface area is 142 Å². The molecule has 8 heteroatoms. The molecule has 0 saturated heterocycles. The molecule has 0 radical (unpaired) electrons. The molecule has 0 aliphatic rings. The third-order valence-corrected chi connectivity index (χ3v) is 3.63. The van der Waals surface area contributed by atoms with Crippen molar-refractivity contribution in [3.63, 3.8) is 0 Å². The van der Waals surface area contributed by atoms with Crippen molar-refractivity contribution in [3.8, 4) is 5.69 Å². The highest BCUT2D eigenvalue weighted by Crippen LogP contribution is 2.20. The molecule has 0 unspecified atom stereocenters. The maximum atomic E-state index is 12.1. The van der Waals surface area contributed by atoms with Gasteiger partial charge in [0.1, 0.15) is 11.8 Å². The van der Waals surface area contributed by atoms with Crippen LogP contribution in [0.5, 0.6) is 0 Å². The van der Waals surface area contributed by atoms with Crippen molar-refractivity contribution >= 4 is 23.3 Å². The maximum Gasteiger partial charge on any atom is 0.320 e. The van der Waals surface area contributed by atoms with Gasteiger partial charge in [-0.1, -0.05) is 23.7 Å². The van der Waals surface area contributed by atoms with Gasteiger partial charge in [-0.25, -0.2) is 9.48 Å². The fourth-order valence-corrected chi connectivity index (χ4v) is 2.40. The number of rotatable bonds is 5. The lowest BCUT2D eigenvalue weighted by atomic mass is 10.2. The predicted octanol–water partition coefficient (Wildman–Crippen LogP) is 2.97.